The summed E-state index contributed by atoms with van der Waals surface area (Å²) in [6.45, 7) is 6.28. The molecule has 0 spiro atoms. The molecule has 3 rings (SSSR count). The Morgan fingerprint density at radius 3 is 2.53 bits per heavy atom. The summed E-state index contributed by atoms with van der Waals surface area (Å²) in [6, 6.07) is 7.62. The van der Waals surface area contributed by atoms with E-state index in [1.807, 2.05) is 13.0 Å². The van der Waals surface area contributed by atoms with Crippen LogP contribution in [0.2, 0.25) is 0 Å². The van der Waals surface area contributed by atoms with E-state index < -0.39 is 21.7 Å². The number of methoxy groups -OCH3 is 1. The monoisotopic (exact) mass is 434 g/mol. The Labute approximate surface area is 177 Å². The van der Waals surface area contributed by atoms with E-state index in [1.54, 1.807) is 13.8 Å². The Morgan fingerprint density at radius 1 is 1.20 bits per heavy atom. The average Bonchev–Trinajstić information content (AvgIpc) is 2.72. The first-order chi connectivity index (χ1) is 14.2. The van der Waals surface area contributed by atoms with Gasteiger partial charge >= 0.3 is 0 Å². The normalized spacial score (nSPS) is 14.0. The van der Waals surface area contributed by atoms with Gasteiger partial charge in [0.25, 0.3) is 5.91 Å². The zero-order valence-corrected chi connectivity index (χ0v) is 18.6. The molecule has 0 radical (unpaired) electrons. The summed E-state index contributed by atoms with van der Waals surface area (Å²) >= 11 is 0. The molecule has 8 heteroatoms. The Hall–Kier alpha value is -2.45. The van der Waals surface area contributed by atoms with Crippen LogP contribution in [0, 0.1) is 12.7 Å². The average molecular weight is 435 g/mol. The summed E-state index contributed by atoms with van der Waals surface area (Å²) < 4.78 is 47.4. The topological polar surface area (TPSA) is 66.9 Å². The molecule has 2 aromatic rings. The summed E-state index contributed by atoms with van der Waals surface area (Å²) in [5.74, 6) is -0.709. The fraction of sp³-hybridized carbons (Fsp3) is 0.409. The van der Waals surface area contributed by atoms with Crippen molar-refractivity contribution in [3.63, 3.8) is 0 Å². The van der Waals surface area contributed by atoms with E-state index in [-0.39, 0.29) is 21.9 Å². The zero-order chi connectivity index (χ0) is 22.1. The Morgan fingerprint density at radius 2 is 1.90 bits per heavy atom. The fourth-order valence-electron chi connectivity index (χ4n) is 3.91. The number of sulfonamides is 1. The maximum atomic E-state index is 14.7. The van der Waals surface area contributed by atoms with Crippen molar-refractivity contribution < 1.29 is 22.3 Å². The highest BCUT2D eigenvalue weighted by Crippen LogP contribution is 2.34. The van der Waals surface area contributed by atoms with Crippen molar-refractivity contribution in [3.05, 3.63) is 52.8 Å². The molecule has 1 aliphatic heterocycles. The van der Waals surface area contributed by atoms with Crippen LogP contribution in [0.15, 0.2) is 35.2 Å². The van der Waals surface area contributed by atoms with Crippen molar-refractivity contribution in [3.8, 4) is 5.75 Å². The first-order valence-electron chi connectivity index (χ1n) is 10.0. The van der Waals surface area contributed by atoms with Gasteiger partial charge in [-0.25, -0.2) is 12.8 Å². The number of aryl methyl sites for hydroxylation is 2. The Bertz CT molecular complexity index is 1070. The van der Waals surface area contributed by atoms with Gasteiger partial charge in [0.1, 0.15) is 16.5 Å². The van der Waals surface area contributed by atoms with Crippen molar-refractivity contribution in [1.82, 2.24) is 4.31 Å². The van der Waals surface area contributed by atoms with Crippen LogP contribution in [0.4, 0.5) is 10.1 Å². The predicted octanol–water partition coefficient (Wildman–Crippen LogP) is 3.77. The number of halogens is 1. The predicted molar refractivity (Wildman–Crippen MR) is 114 cm³/mol. The number of anilines is 1. The largest absolute Gasteiger partial charge is 0.495 e. The van der Waals surface area contributed by atoms with Gasteiger partial charge in [-0.2, -0.15) is 4.31 Å². The maximum absolute atomic E-state index is 14.7. The molecule has 0 bridgehead atoms. The third kappa shape index (κ3) is 3.94. The highest BCUT2D eigenvalue weighted by Gasteiger charge is 2.30. The van der Waals surface area contributed by atoms with E-state index in [0.717, 1.165) is 11.1 Å². The van der Waals surface area contributed by atoms with E-state index >= 15 is 0 Å². The maximum Gasteiger partial charge on any atom is 0.258 e. The number of carbonyl (C=O) groups excluding carboxylic acids is 1. The van der Waals surface area contributed by atoms with Gasteiger partial charge in [-0.3, -0.25) is 4.79 Å². The number of nitrogens with zero attached hydrogens (tertiary/aromatic N) is 2. The minimum Gasteiger partial charge on any atom is -0.495 e. The van der Waals surface area contributed by atoms with E-state index in [4.69, 9.17) is 4.74 Å². The lowest BCUT2D eigenvalue weighted by Crippen LogP contribution is -2.36. The van der Waals surface area contributed by atoms with Gasteiger partial charge in [0.2, 0.25) is 10.0 Å². The molecule has 1 heterocycles. The van der Waals surface area contributed by atoms with E-state index in [0.29, 0.717) is 32.5 Å². The second kappa shape index (κ2) is 8.73. The van der Waals surface area contributed by atoms with E-state index in [1.165, 1.54) is 40.6 Å². The fourth-order valence-corrected chi connectivity index (χ4v) is 5.55. The summed E-state index contributed by atoms with van der Waals surface area (Å²) in [5, 5.41) is 0. The van der Waals surface area contributed by atoms with Crippen molar-refractivity contribution >= 4 is 21.6 Å². The van der Waals surface area contributed by atoms with Crippen molar-refractivity contribution in [2.24, 2.45) is 0 Å². The lowest BCUT2D eigenvalue weighted by molar-refractivity contribution is 0.0984. The minimum absolute atomic E-state index is 0.0684. The second-order valence-corrected chi connectivity index (χ2v) is 9.18. The standard InChI is InChI=1S/C22H27FN2O4S/c1-5-24(6-2)30(27,28)20-14-17(9-10-19(20)29-4)22(26)25-11-7-8-16-12-15(3)13-18(23)21(16)25/h9-10,12-14H,5-8,11H2,1-4H3. The van der Waals surface area contributed by atoms with Crippen LogP contribution in [-0.2, 0) is 16.4 Å². The molecule has 0 unspecified atom stereocenters. The molecule has 0 N–H and O–H groups in total. The van der Waals surface area contributed by atoms with Crippen LogP contribution in [0.5, 0.6) is 5.75 Å². The number of rotatable bonds is 6. The molecule has 0 aliphatic carbocycles. The van der Waals surface area contributed by atoms with Crippen LogP contribution in [-0.4, -0.2) is 45.4 Å². The third-order valence-corrected chi connectivity index (χ3v) is 7.43. The van der Waals surface area contributed by atoms with Gasteiger partial charge in [-0.05, 0) is 55.2 Å². The molecule has 2 aromatic carbocycles. The van der Waals surface area contributed by atoms with E-state index in [9.17, 15) is 17.6 Å². The molecular formula is C22H27FN2O4S. The minimum atomic E-state index is -3.84. The number of carbonyl (C=O) groups is 1. The SMILES string of the molecule is CCN(CC)S(=O)(=O)c1cc(C(=O)N2CCCc3cc(C)cc(F)c32)ccc1OC. The molecule has 0 saturated carbocycles. The van der Waals surface area contributed by atoms with Crippen LogP contribution in [0.25, 0.3) is 0 Å². The first kappa shape index (κ1) is 22.2. The Balaban J connectivity index is 2.08. The molecule has 30 heavy (non-hydrogen) atoms. The summed E-state index contributed by atoms with van der Waals surface area (Å²) in [7, 11) is -2.46. The number of benzene rings is 2. The molecule has 1 amide bonds. The lowest BCUT2D eigenvalue weighted by atomic mass is 9.98. The molecule has 162 valence electrons. The Kier molecular flexibility index (Phi) is 6.47. The van der Waals surface area contributed by atoms with Crippen molar-refractivity contribution in [2.45, 2.75) is 38.5 Å². The highest BCUT2D eigenvalue weighted by molar-refractivity contribution is 7.89. The lowest BCUT2D eigenvalue weighted by Gasteiger charge is -2.30. The molecule has 0 atom stereocenters. The van der Waals surface area contributed by atoms with Crippen LogP contribution < -0.4 is 9.64 Å². The van der Waals surface area contributed by atoms with Crippen LogP contribution >= 0.6 is 0 Å². The number of hydrogen-bond donors (Lipinski definition) is 0. The number of hydrogen-bond acceptors (Lipinski definition) is 4. The molecule has 6 nitrogen and oxygen atoms in total. The van der Waals surface area contributed by atoms with Gasteiger partial charge < -0.3 is 9.64 Å². The van der Waals surface area contributed by atoms with E-state index in [2.05, 4.69) is 0 Å². The summed E-state index contributed by atoms with van der Waals surface area (Å²) in [4.78, 5) is 14.6. The van der Waals surface area contributed by atoms with Crippen molar-refractivity contribution in [2.75, 3.05) is 31.6 Å². The molecule has 1 aliphatic rings. The molecular weight excluding hydrogens is 407 g/mol. The molecule has 0 aromatic heterocycles. The number of fused-ring (bicyclic) bond motifs is 1. The number of amides is 1. The highest BCUT2D eigenvalue weighted by atomic mass is 32.2. The van der Waals surface area contributed by atoms with Crippen LogP contribution in [0.1, 0.15) is 41.8 Å². The number of ether oxygens (including phenoxy) is 1. The van der Waals surface area contributed by atoms with Crippen molar-refractivity contribution in [1.29, 1.82) is 0 Å². The van der Waals surface area contributed by atoms with Gasteiger partial charge in [0.05, 0.1) is 12.8 Å². The first-order valence-corrected chi connectivity index (χ1v) is 11.5. The second-order valence-electron chi connectivity index (χ2n) is 7.27. The van der Waals surface area contributed by atoms with Gasteiger partial charge in [0.15, 0.2) is 0 Å². The van der Waals surface area contributed by atoms with Crippen LogP contribution in [0.3, 0.4) is 0 Å². The summed E-state index contributed by atoms with van der Waals surface area (Å²) in [5.41, 5.74) is 2.05. The summed E-state index contributed by atoms with van der Waals surface area (Å²) in [6.07, 6.45) is 1.41. The quantitative estimate of drug-likeness (QED) is 0.694. The van der Waals surface area contributed by atoms with Gasteiger partial charge in [-0.15, -0.1) is 0 Å². The zero-order valence-electron chi connectivity index (χ0n) is 17.7. The smallest absolute Gasteiger partial charge is 0.258 e. The molecule has 0 fully saturated rings. The third-order valence-electron chi connectivity index (χ3n) is 5.36. The van der Waals surface area contributed by atoms with Gasteiger partial charge in [-0.1, -0.05) is 19.9 Å². The van der Waals surface area contributed by atoms with Gasteiger partial charge in [0, 0.05) is 25.2 Å². The molecule has 0 saturated heterocycles.